The van der Waals surface area contributed by atoms with Gasteiger partial charge in [0, 0.05) is 11.4 Å². The average molecular weight is 262 g/mol. The molecule has 0 spiro atoms. The molecule has 0 atom stereocenters. The van der Waals surface area contributed by atoms with Gasteiger partial charge in [0.1, 0.15) is 5.75 Å². The van der Waals surface area contributed by atoms with Crippen molar-refractivity contribution in [3.63, 3.8) is 0 Å². The Morgan fingerprint density at radius 1 is 1.54 bits per heavy atom. The van der Waals surface area contributed by atoms with Gasteiger partial charge in [-0.3, -0.25) is 0 Å². The van der Waals surface area contributed by atoms with Crippen molar-refractivity contribution in [3.8, 4) is 5.75 Å². The fourth-order valence-electron chi connectivity index (χ4n) is 0.874. The van der Waals surface area contributed by atoms with Gasteiger partial charge < -0.3 is 10.5 Å². The first-order valence-electron chi connectivity index (χ1n) is 3.91. The predicted molar refractivity (Wildman–Crippen MR) is 62.4 cm³/mol. The Bertz CT molecular complexity index is 280. The molecule has 0 radical (unpaired) electrons. The van der Waals surface area contributed by atoms with Gasteiger partial charge in [0.2, 0.25) is 0 Å². The second kappa shape index (κ2) is 5.40. The van der Waals surface area contributed by atoms with E-state index in [4.69, 9.17) is 10.5 Å². The summed E-state index contributed by atoms with van der Waals surface area (Å²) >= 11 is 5.13. The lowest BCUT2D eigenvalue weighted by Gasteiger charge is -2.08. The van der Waals surface area contributed by atoms with Gasteiger partial charge in [0.05, 0.1) is 11.1 Å². The summed E-state index contributed by atoms with van der Waals surface area (Å²) in [6.45, 7) is 0.712. The Morgan fingerprint density at radius 3 is 3.00 bits per heavy atom. The molecule has 13 heavy (non-hydrogen) atoms. The van der Waals surface area contributed by atoms with Crippen LogP contribution in [0.2, 0.25) is 0 Å². The van der Waals surface area contributed by atoms with Crippen LogP contribution in [0.1, 0.15) is 0 Å². The van der Waals surface area contributed by atoms with E-state index in [0.717, 1.165) is 16.0 Å². The van der Waals surface area contributed by atoms with E-state index in [2.05, 4.69) is 22.2 Å². The quantitative estimate of drug-likeness (QED) is 0.669. The molecule has 0 heterocycles. The van der Waals surface area contributed by atoms with Crippen molar-refractivity contribution in [1.82, 2.24) is 0 Å². The molecule has 0 aliphatic rings. The number of hydrogen-bond acceptors (Lipinski definition) is 3. The van der Waals surface area contributed by atoms with Crippen molar-refractivity contribution in [2.24, 2.45) is 0 Å². The number of halogens is 1. The molecule has 2 N–H and O–H groups in total. The van der Waals surface area contributed by atoms with Gasteiger partial charge in [0.15, 0.2) is 0 Å². The Labute approximate surface area is 91.0 Å². The average Bonchev–Trinajstić information content (AvgIpc) is 2.13. The molecule has 1 aromatic carbocycles. The maximum absolute atomic E-state index is 5.69. The molecule has 0 amide bonds. The minimum Gasteiger partial charge on any atom is -0.491 e. The van der Waals surface area contributed by atoms with Crippen LogP contribution in [0, 0.1) is 0 Å². The van der Waals surface area contributed by atoms with Crippen LogP contribution in [-0.2, 0) is 0 Å². The number of anilines is 1. The summed E-state index contributed by atoms with van der Waals surface area (Å²) < 4.78 is 6.35. The van der Waals surface area contributed by atoms with Crippen LogP contribution < -0.4 is 10.5 Å². The van der Waals surface area contributed by atoms with Crippen molar-refractivity contribution in [1.29, 1.82) is 0 Å². The molecular formula is C9H12BrNOS. The van der Waals surface area contributed by atoms with Crippen LogP contribution >= 0.6 is 27.7 Å². The van der Waals surface area contributed by atoms with Gasteiger partial charge in [-0.15, -0.1) is 0 Å². The molecule has 0 aliphatic carbocycles. The van der Waals surface area contributed by atoms with E-state index < -0.39 is 0 Å². The van der Waals surface area contributed by atoms with E-state index in [1.807, 2.05) is 18.2 Å². The van der Waals surface area contributed by atoms with Crippen LogP contribution in [0.15, 0.2) is 22.7 Å². The smallest absolute Gasteiger partial charge is 0.135 e. The number of hydrogen-bond donors (Lipinski definition) is 1. The molecule has 0 bridgehead atoms. The highest BCUT2D eigenvalue weighted by atomic mass is 79.9. The van der Waals surface area contributed by atoms with Crippen LogP contribution in [0.5, 0.6) is 5.75 Å². The number of nitrogens with two attached hydrogens (primary N) is 1. The zero-order valence-electron chi connectivity index (χ0n) is 7.42. The molecule has 4 heteroatoms. The molecule has 0 fully saturated rings. The van der Waals surface area contributed by atoms with Crippen LogP contribution in [0.3, 0.4) is 0 Å². The van der Waals surface area contributed by atoms with Gasteiger partial charge in [-0.05, 0) is 34.3 Å². The molecule has 1 rings (SSSR count). The standard InChI is InChI=1S/C9H12BrNOS/c1-13-6-5-12-8-4-2-3-7(11)9(8)10/h2-4H,5-6,11H2,1H3. The first-order valence-corrected chi connectivity index (χ1v) is 6.10. The van der Waals surface area contributed by atoms with E-state index in [1.165, 1.54) is 0 Å². The summed E-state index contributed by atoms with van der Waals surface area (Å²) in [6.07, 6.45) is 2.05. The molecule has 0 saturated carbocycles. The van der Waals surface area contributed by atoms with Gasteiger partial charge in [-0.25, -0.2) is 0 Å². The molecule has 2 nitrogen and oxygen atoms in total. The van der Waals surface area contributed by atoms with E-state index in [-0.39, 0.29) is 0 Å². The second-order valence-electron chi connectivity index (χ2n) is 2.50. The van der Waals surface area contributed by atoms with Crippen LogP contribution in [0.4, 0.5) is 5.69 Å². The number of nitrogen functional groups attached to an aromatic ring is 1. The summed E-state index contributed by atoms with van der Waals surface area (Å²) in [5.41, 5.74) is 6.40. The van der Waals surface area contributed by atoms with Crippen molar-refractivity contribution >= 4 is 33.4 Å². The Hall–Kier alpha value is -0.350. The first-order chi connectivity index (χ1) is 6.25. The minimum absolute atomic E-state index is 0.710. The highest BCUT2D eigenvalue weighted by Crippen LogP contribution is 2.30. The maximum atomic E-state index is 5.69. The highest BCUT2D eigenvalue weighted by molar-refractivity contribution is 9.10. The van der Waals surface area contributed by atoms with Gasteiger partial charge in [-0.2, -0.15) is 11.8 Å². The fraction of sp³-hybridized carbons (Fsp3) is 0.333. The van der Waals surface area contributed by atoms with Crippen molar-refractivity contribution < 1.29 is 4.74 Å². The Kier molecular flexibility index (Phi) is 4.45. The highest BCUT2D eigenvalue weighted by Gasteiger charge is 2.02. The number of thioether (sulfide) groups is 1. The van der Waals surface area contributed by atoms with Crippen LogP contribution in [-0.4, -0.2) is 18.6 Å². The van der Waals surface area contributed by atoms with Gasteiger partial charge in [-0.1, -0.05) is 6.07 Å². The third kappa shape index (κ3) is 3.12. The summed E-state index contributed by atoms with van der Waals surface area (Å²) in [6, 6.07) is 5.63. The molecule has 1 aromatic rings. The molecule has 0 aliphatic heterocycles. The third-order valence-corrected chi connectivity index (χ3v) is 2.96. The van der Waals surface area contributed by atoms with Crippen molar-refractivity contribution in [2.45, 2.75) is 0 Å². The largest absolute Gasteiger partial charge is 0.491 e. The van der Waals surface area contributed by atoms with E-state index >= 15 is 0 Å². The van der Waals surface area contributed by atoms with Crippen molar-refractivity contribution in [2.75, 3.05) is 24.3 Å². The van der Waals surface area contributed by atoms with E-state index in [1.54, 1.807) is 11.8 Å². The lowest BCUT2D eigenvalue weighted by molar-refractivity contribution is 0.342. The summed E-state index contributed by atoms with van der Waals surface area (Å²) in [5, 5.41) is 0. The normalized spacial score (nSPS) is 10.0. The zero-order valence-corrected chi connectivity index (χ0v) is 9.82. The van der Waals surface area contributed by atoms with E-state index in [0.29, 0.717) is 12.3 Å². The fourth-order valence-corrected chi connectivity index (χ4v) is 1.50. The Morgan fingerprint density at radius 2 is 2.31 bits per heavy atom. The Balaban J connectivity index is 2.61. The molecular weight excluding hydrogens is 250 g/mol. The number of ether oxygens (including phenoxy) is 1. The lowest BCUT2D eigenvalue weighted by atomic mass is 10.3. The molecule has 72 valence electrons. The summed E-state index contributed by atoms with van der Waals surface area (Å²) in [5.74, 6) is 1.80. The SMILES string of the molecule is CSCCOc1cccc(N)c1Br. The maximum Gasteiger partial charge on any atom is 0.135 e. The van der Waals surface area contributed by atoms with Gasteiger partial charge in [0.25, 0.3) is 0 Å². The number of benzene rings is 1. The number of rotatable bonds is 4. The van der Waals surface area contributed by atoms with Crippen LogP contribution in [0.25, 0.3) is 0 Å². The lowest BCUT2D eigenvalue weighted by Crippen LogP contribution is -2.01. The molecule has 0 aromatic heterocycles. The first kappa shape index (κ1) is 10.7. The minimum atomic E-state index is 0.710. The monoisotopic (exact) mass is 261 g/mol. The van der Waals surface area contributed by atoms with E-state index in [9.17, 15) is 0 Å². The predicted octanol–water partition coefficient (Wildman–Crippen LogP) is 2.77. The van der Waals surface area contributed by atoms with Gasteiger partial charge >= 0.3 is 0 Å². The second-order valence-corrected chi connectivity index (χ2v) is 4.28. The third-order valence-electron chi connectivity index (χ3n) is 1.54. The molecule has 0 unspecified atom stereocenters. The zero-order chi connectivity index (χ0) is 9.68. The summed E-state index contributed by atoms with van der Waals surface area (Å²) in [4.78, 5) is 0. The van der Waals surface area contributed by atoms with Crippen molar-refractivity contribution in [3.05, 3.63) is 22.7 Å². The molecule has 0 saturated heterocycles. The topological polar surface area (TPSA) is 35.2 Å². The summed E-state index contributed by atoms with van der Waals surface area (Å²) in [7, 11) is 0.